The van der Waals surface area contributed by atoms with E-state index in [1.807, 2.05) is 23.5 Å². The lowest BCUT2D eigenvalue weighted by Gasteiger charge is -2.17. The Morgan fingerprint density at radius 3 is 2.53 bits per heavy atom. The fourth-order valence-corrected chi connectivity index (χ4v) is 4.23. The summed E-state index contributed by atoms with van der Waals surface area (Å²) >= 11 is 11.4. The zero-order valence-corrected chi connectivity index (χ0v) is 14.2. The maximum atomic E-state index is 5.93. The second-order valence-corrected chi connectivity index (χ2v) is 7.09. The van der Waals surface area contributed by atoms with Gasteiger partial charge in [0.15, 0.2) is 0 Å². The molecule has 19 heavy (non-hydrogen) atoms. The quantitative estimate of drug-likeness (QED) is 0.758. The van der Waals surface area contributed by atoms with Crippen LogP contribution >= 0.6 is 38.9 Å². The first-order valence-electron chi connectivity index (χ1n) is 6.33. The topological polar surface area (TPSA) is 12.0 Å². The minimum Gasteiger partial charge on any atom is -0.309 e. The van der Waals surface area contributed by atoms with Gasteiger partial charge in [0.05, 0.1) is 0 Å². The normalized spacial score (nSPS) is 12.6. The maximum Gasteiger partial charge on any atom is 0.0467 e. The molecule has 1 atom stereocenters. The minimum atomic E-state index is 0.347. The van der Waals surface area contributed by atoms with E-state index in [4.69, 9.17) is 11.6 Å². The molecule has 0 aliphatic carbocycles. The molecule has 1 aromatic carbocycles. The molecule has 0 aliphatic heterocycles. The molecule has 0 fully saturated rings. The lowest BCUT2D eigenvalue weighted by molar-refractivity contribution is 0.556. The lowest BCUT2D eigenvalue weighted by atomic mass is 10.0. The summed E-state index contributed by atoms with van der Waals surface area (Å²) < 4.78 is 1.20. The third kappa shape index (κ3) is 4.06. The van der Waals surface area contributed by atoms with Crippen LogP contribution in [0.3, 0.4) is 0 Å². The van der Waals surface area contributed by atoms with Crippen molar-refractivity contribution in [3.8, 4) is 0 Å². The molecule has 2 rings (SSSR count). The van der Waals surface area contributed by atoms with Gasteiger partial charge in [0.1, 0.15) is 0 Å². The molecular formula is C15H17BrClNS. The molecule has 0 spiro atoms. The van der Waals surface area contributed by atoms with Crippen LogP contribution in [0.25, 0.3) is 0 Å². The molecule has 0 saturated heterocycles. The molecule has 1 aromatic heterocycles. The van der Waals surface area contributed by atoms with E-state index in [0.29, 0.717) is 6.04 Å². The molecule has 1 N–H and O–H groups in total. The molecule has 4 heteroatoms. The summed E-state index contributed by atoms with van der Waals surface area (Å²) in [6, 6.07) is 10.6. The summed E-state index contributed by atoms with van der Waals surface area (Å²) in [6.45, 7) is 5.25. The van der Waals surface area contributed by atoms with E-state index < -0.39 is 0 Å². The van der Waals surface area contributed by atoms with E-state index in [1.165, 1.54) is 19.8 Å². The smallest absolute Gasteiger partial charge is 0.0467 e. The molecule has 0 radical (unpaired) electrons. The third-order valence-electron chi connectivity index (χ3n) is 2.96. The van der Waals surface area contributed by atoms with Crippen molar-refractivity contribution < 1.29 is 0 Å². The van der Waals surface area contributed by atoms with E-state index in [0.717, 1.165) is 18.0 Å². The van der Waals surface area contributed by atoms with Gasteiger partial charge in [0, 0.05) is 25.3 Å². The second-order valence-electron chi connectivity index (χ2n) is 4.51. The van der Waals surface area contributed by atoms with Gasteiger partial charge in [-0.2, -0.15) is 0 Å². The Kier molecular flexibility index (Phi) is 5.46. The van der Waals surface area contributed by atoms with E-state index >= 15 is 0 Å². The third-order valence-corrected chi connectivity index (χ3v) is 5.29. The Morgan fingerprint density at radius 2 is 2.00 bits per heavy atom. The van der Waals surface area contributed by atoms with E-state index in [2.05, 4.69) is 53.3 Å². The standard InChI is InChI=1S/C15H17BrClNS/c1-3-18-14(15-13(16)8-10(2)19-15)9-11-4-6-12(17)7-5-11/h4-8,14,18H,3,9H2,1-2H3. The Balaban J connectivity index is 2.20. The van der Waals surface area contributed by atoms with Crippen molar-refractivity contribution in [2.75, 3.05) is 6.54 Å². The van der Waals surface area contributed by atoms with Gasteiger partial charge in [0.25, 0.3) is 0 Å². The summed E-state index contributed by atoms with van der Waals surface area (Å²) in [5.74, 6) is 0. The Labute approximate surface area is 132 Å². The first-order valence-corrected chi connectivity index (χ1v) is 8.32. The number of rotatable bonds is 5. The monoisotopic (exact) mass is 357 g/mol. The number of benzene rings is 1. The minimum absolute atomic E-state index is 0.347. The van der Waals surface area contributed by atoms with Crippen molar-refractivity contribution in [1.82, 2.24) is 5.32 Å². The van der Waals surface area contributed by atoms with Crippen molar-refractivity contribution in [3.63, 3.8) is 0 Å². The van der Waals surface area contributed by atoms with E-state index in [9.17, 15) is 0 Å². The molecule has 0 bridgehead atoms. The SMILES string of the molecule is CCNC(Cc1ccc(Cl)cc1)c1sc(C)cc1Br. The number of hydrogen-bond donors (Lipinski definition) is 1. The molecule has 0 saturated carbocycles. The molecule has 1 heterocycles. The highest BCUT2D eigenvalue weighted by atomic mass is 79.9. The molecule has 102 valence electrons. The average Bonchev–Trinajstić information content (AvgIpc) is 2.71. The number of nitrogens with one attached hydrogen (secondary N) is 1. The van der Waals surface area contributed by atoms with E-state index in [-0.39, 0.29) is 0 Å². The molecule has 1 nitrogen and oxygen atoms in total. The highest BCUT2D eigenvalue weighted by molar-refractivity contribution is 9.10. The fourth-order valence-electron chi connectivity index (χ4n) is 2.10. The molecular weight excluding hydrogens is 342 g/mol. The van der Waals surface area contributed by atoms with Crippen molar-refractivity contribution in [3.05, 3.63) is 55.1 Å². The van der Waals surface area contributed by atoms with E-state index in [1.54, 1.807) is 0 Å². The van der Waals surface area contributed by atoms with Crippen LogP contribution in [0.4, 0.5) is 0 Å². The first-order chi connectivity index (χ1) is 9.10. The van der Waals surface area contributed by atoms with Gasteiger partial charge < -0.3 is 5.32 Å². The summed E-state index contributed by atoms with van der Waals surface area (Å²) in [5, 5.41) is 4.35. The van der Waals surface area contributed by atoms with Crippen LogP contribution in [0.2, 0.25) is 5.02 Å². The summed E-state index contributed by atoms with van der Waals surface area (Å²) in [6.07, 6.45) is 0.976. The first kappa shape index (κ1) is 15.0. The molecule has 2 aromatic rings. The zero-order chi connectivity index (χ0) is 13.8. The predicted octanol–water partition coefficient (Wildman–Crippen LogP) is 5.37. The second kappa shape index (κ2) is 6.89. The van der Waals surface area contributed by atoms with Crippen LogP contribution in [-0.4, -0.2) is 6.54 Å². The molecule has 0 amide bonds. The van der Waals surface area contributed by atoms with Crippen molar-refractivity contribution in [2.24, 2.45) is 0 Å². The maximum absolute atomic E-state index is 5.93. The molecule has 0 aliphatic rings. The largest absolute Gasteiger partial charge is 0.309 e. The summed E-state index contributed by atoms with van der Waals surface area (Å²) in [7, 11) is 0. The van der Waals surface area contributed by atoms with Gasteiger partial charge in [-0.05, 0) is 59.6 Å². The number of halogens is 2. The van der Waals surface area contributed by atoms with Gasteiger partial charge in [-0.1, -0.05) is 30.7 Å². The van der Waals surface area contributed by atoms with Crippen LogP contribution in [0.5, 0.6) is 0 Å². The van der Waals surface area contributed by atoms with Crippen LogP contribution in [-0.2, 0) is 6.42 Å². The van der Waals surface area contributed by atoms with Gasteiger partial charge in [-0.15, -0.1) is 11.3 Å². The fraction of sp³-hybridized carbons (Fsp3) is 0.333. The lowest BCUT2D eigenvalue weighted by Crippen LogP contribution is -2.22. The zero-order valence-electron chi connectivity index (χ0n) is 11.0. The highest BCUT2D eigenvalue weighted by Crippen LogP contribution is 2.34. The number of thiophene rings is 1. The average molecular weight is 359 g/mol. The van der Waals surface area contributed by atoms with Crippen molar-refractivity contribution in [1.29, 1.82) is 0 Å². The Bertz CT molecular complexity index is 536. The van der Waals surface area contributed by atoms with Crippen LogP contribution in [0.15, 0.2) is 34.8 Å². The molecule has 1 unspecified atom stereocenters. The number of likely N-dealkylation sites (N-methyl/N-ethyl adjacent to an activating group) is 1. The van der Waals surface area contributed by atoms with Gasteiger partial charge in [-0.3, -0.25) is 0 Å². The summed E-state index contributed by atoms with van der Waals surface area (Å²) in [4.78, 5) is 2.70. The van der Waals surface area contributed by atoms with Gasteiger partial charge >= 0.3 is 0 Å². The Morgan fingerprint density at radius 1 is 1.32 bits per heavy atom. The van der Waals surface area contributed by atoms with Gasteiger partial charge in [0.2, 0.25) is 0 Å². The van der Waals surface area contributed by atoms with Crippen molar-refractivity contribution in [2.45, 2.75) is 26.3 Å². The predicted molar refractivity (Wildman–Crippen MR) is 88.3 cm³/mol. The van der Waals surface area contributed by atoms with Crippen molar-refractivity contribution >= 4 is 38.9 Å². The van der Waals surface area contributed by atoms with Crippen LogP contribution < -0.4 is 5.32 Å². The Hall–Kier alpha value is -0.350. The van der Waals surface area contributed by atoms with Crippen LogP contribution in [0, 0.1) is 6.92 Å². The van der Waals surface area contributed by atoms with Crippen LogP contribution in [0.1, 0.15) is 28.3 Å². The van der Waals surface area contributed by atoms with Gasteiger partial charge in [-0.25, -0.2) is 0 Å². The number of aryl methyl sites for hydroxylation is 1. The number of hydrogen-bond acceptors (Lipinski definition) is 2. The highest BCUT2D eigenvalue weighted by Gasteiger charge is 2.16. The summed E-state index contributed by atoms with van der Waals surface area (Å²) in [5.41, 5.74) is 1.30.